The van der Waals surface area contributed by atoms with E-state index in [4.69, 9.17) is 15.0 Å². The van der Waals surface area contributed by atoms with Gasteiger partial charge in [0.1, 0.15) is 0 Å². The van der Waals surface area contributed by atoms with Crippen LogP contribution < -0.4 is 0 Å². The third-order valence-electron chi connectivity index (χ3n) is 28.4. The van der Waals surface area contributed by atoms with Gasteiger partial charge in [-0.1, -0.05) is 370 Å². The standard InChI is InChI=1S/C48H31N3.2C46H29N3/c49-32-33-18-20-37(21-19-33)40-28-41(46-16-9-15-45(50-46)38-12-5-2-6-13-38)30-42(29-40)51-47-17-8-7-14-43(47)44-27-26-39(31-48(44)51)36-24-22-35(23-25-36)34-10-3-1-4-11-34;47-30-31-20-22-32(23-21-31)36-26-37(44-18-9-17-43(48-44)34-11-2-1-3-12-34)28-38(27-36)49-45-19-7-6-15-41(45)42-25-24-35(29-46(42)49)40-16-8-13-33-10-4-5-14-39(33)40;47-30-31-17-19-33(20-18-31)38-26-39(44-15-8-14-43(48-44)34-10-2-1-3-11-34)28-40(27-38)49-45-16-7-6-13-41(45)42-24-23-37(29-46(42)49)36-22-21-32-9-4-5-12-35(32)25-36/h1-31H;2*1-29H. The van der Waals surface area contributed by atoms with Crippen LogP contribution in [-0.4, -0.2) is 28.7 Å². The highest BCUT2D eigenvalue weighted by Gasteiger charge is 2.24. The summed E-state index contributed by atoms with van der Waals surface area (Å²) in [7, 11) is 0. The molecule has 27 aromatic rings. The molecule has 0 bridgehead atoms. The van der Waals surface area contributed by atoms with E-state index in [2.05, 4.69) is 438 Å². The van der Waals surface area contributed by atoms with E-state index in [-0.39, 0.29) is 0 Å². The Morgan fingerprint density at radius 1 is 0.141 bits per heavy atom. The molecule has 6 aromatic heterocycles. The van der Waals surface area contributed by atoms with E-state index >= 15 is 0 Å². The second-order valence-electron chi connectivity index (χ2n) is 37.5. The van der Waals surface area contributed by atoms with Crippen LogP contribution in [0.2, 0.25) is 0 Å². The zero-order valence-electron chi connectivity index (χ0n) is 80.9. The molecular formula is C140H89N9. The molecule has 0 atom stereocenters. The van der Waals surface area contributed by atoms with Gasteiger partial charge in [0.05, 0.1) is 102 Å². The number of nitriles is 3. The van der Waals surface area contributed by atoms with Gasteiger partial charge in [0.15, 0.2) is 0 Å². The molecule has 0 aliphatic heterocycles. The summed E-state index contributed by atoms with van der Waals surface area (Å²) in [6.07, 6.45) is 0. The third-order valence-corrected chi connectivity index (χ3v) is 28.4. The Bertz CT molecular complexity index is 9950. The van der Waals surface area contributed by atoms with Gasteiger partial charge in [0.2, 0.25) is 0 Å². The molecule has 0 amide bonds. The number of aromatic nitrogens is 6. The van der Waals surface area contributed by atoms with Crippen molar-refractivity contribution in [2.45, 2.75) is 0 Å². The molecular weight excluding hydrogens is 1810 g/mol. The quantitative estimate of drug-likeness (QED) is 0.0949. The van der Waals surface area contributed by atoms with Crippen molar-refractivity contribution in [2.24, 2.45) is 0 Å². The van der Waals surface area contributed by atoms with Crippen molar-refractivity contribution < 1.29 is 0 Å². The summed E-state index contributed by atoms with van der Waals surface area (Å²) in [5.41, 5.74) is 39.4. The first-order valence-corrected chi connectivity index (χ1v) is 50.0. The van der Waals surface area contributed by atoms with Crippen molar-refractivity contribution in [3.8, 4) is 181 Å². The summed E-state index contributed by atoms with van der Waals surface area (Å²) in [5, 5.41) is 40.6. The van der Waals surface area contributed by atoms with Crippen LogP contribution >= 0.6 is 0 Å². The van der Waals surface area contributed by atoms with E-state index in [0.29, 0.717) is 16.7 Å². The maximum Gasteiger partial charge on any atom is 0.0991 e. The Labute approximate surface area is 862 Å². The Morgan fingerprint density at radius 2 is 0.389 bits per heavy atom. The second kappa shape index (κ2) is 39.4. The van der Waals surface area contributed by atoms with Gasteiger partial charge in [-0.05, 0) is 269 Å². The molecule has 0 saturated carbocycles. The van der Waals surface area contributed by atoms with Gasteiger partial charge in [0, 0.05) is 82.8 Å². The lowest BCUT2D eigenvalue weighted by Gasteiger charge is -2.15. The number of nitrogens with zero attached hydrogens (tertiary/aromatic N) is 9. The molecule has 27 rings (SSSR count). The van der Waals surface area contributed by atoms with Crippen LogP contribution in [0.15, 0.2) is 540 Å². The van der Waals surface area contributed by atoms with Gasteiger partial charge in [-0.2, -0.15) is 15.8 Å². The number of hydrogen-bond donors (Lipinski definition) is 0. The maximum absolute atomic E-state index is 9.49. The largest absolute Gasteiger partial charge is 0.309 e. The minimum Gasteiger partial charge on any atom is -0.309 e. The predicted molar refractivity (Wildman–Crippen MR) is 616 cm³/mol. The van der Waals surface area contributed by atoms with Crippen molar-refractivity contribution in [2.75, 3.05) is 0 Å². The smallest absolute Gasteiger partial charge is 0.0991 e. The summed E-state index contributed by atoms with van der Waals surface area (Å²) in [6, 6.07) is 196. The lowest BCUT2D eigenvalue weighted by atomic mass is 9.97. The molecule has 6 heterocycles. The minimum atomic E-state index is 0.638. The summed E-state index contributed by atoms with van der Waals surface area (Å²) in [4.78, 5) is 15.5. The lowest BCUT2D eigenvalue weighted by molar-refractivity contribution is 1.18. The Morgan fingerprint density at radius 3 is 0.779 bits per heavy atom. The van der Waals surface area contributed by atoms with Crippen LogP contribution in [0.1, 0.15) is 16.7 Å². The first-order chi connectivity index (χ1) is 73.7. The first kappa shape index (κ1) is 89.8. The number of rotatable bonds is 16. The van der Waals surface area contributed by atoms with E-state index in [0.717, 1.165) is 157 Å². The van der Waals surface area contributed by atoms with Crippen LogP contribution in [0.4, 0.5) is 0 Å². The van der Waals surface area contributed by atoms with Crippen molar-refractivity contribution in [3.05, 3.63) is 557 Å². The normalized spacial score (nSPS) is 11.2. The summed E-state index contributed by atoms with van der Waals surface area (Å²) in [5.74, 6) is 0. The topological polar surface area (TPSA) is 125 Å². The third kappa shape index (κ3) is 17.7. The van der Waals surface area contributed by atoms with Crippen LogP contribution in [0.5, 0.6) is 0 Å². The van der Waals surface area contributed by atoms with E-state index in [9.17, 15) is 15.8 Å². The van der Waals surface area contributed by atoms with Crippen molar-refractivity contribution in [1.29, 1.82) is 15.8 Å². The monoisotopic (exact) mass is 1900 g/mol. The Kier molecular flexibility index (Phi) is 23.7. The molecule has 149 heavy (non-hydrogen) atoms. The van der Waals surface area contributed by atoms with Crippen molar-refractivity contribution in [3.63, 3.8) is 0 Å². The van der Waals surface area contributed by atoms with E-state index < -0.39 is 0 Å². The summed E-state index contributed by atoms with van der Waals surface area (Å²) < 4.78 is 7.15. The predicted octanol–water partition coefficient (Wildman–Crippen LogP) is 36.1. The molecule has 694 valence electrons. The fraction of sp³-hybridized carbons (Fsp3) is 0. The van der Waals surface area contributed by atoms with Gasteiger partial charge >= 0.3 is 0 Å². The van der Waals surface area contributed by atoms with Gasteiger partial charge in [-0.15, -0.1) is 0 Å². The van der Waals surface area contributed by atoms with Gasteiger partial charge < -0.3 is 13.7 Å². The van der Waals surface area contributed by atoms with E-state index in [1.165, 1.54) is 92.8 Å². The molecule has 9 heteroatoms. The number of pyridine rings is 3. The fourth-order valence-corrected chi connectivity index (χ4v) is 21.1. The number of fused-ring (bicyclic) bond motifs is 11. The minimum absolute atomic E-state index is 0.638. The second-order valence-corrected chi connectivity index (χ2v) is 37.5. The summed E-state index contributed by atoms with van der Waals surface area (Å²) in [6.45, 7) is 0. The Balaban J connectivity index is 0.000000116. The highest BCUT2D eigenvalue weighted by molar-refractivity contribution is 6.14. The molecule has 0 aliphatic carbocycles. The van der Waals surface area contributed by atoms with Crippen LogP contribution in [0.3, 0.4) is 0 Å². The molecule has 0 spiro atoms. The highest BCUT2D eigenvalue weighted by atomic mass is 15.0. The average Bonchev–Trinajstić information content (AvgIpc) is 1.59. The van der Waals surface area contributed by atoms with E-state index in [1.807, 2.05) is 133 Å². The van der Waals surface area contributed by atoms with Gasteiger partial charge in [0.25, 0.3) is 0 Å². The average molecular weight is 1900 g/mol. The van der Waals surface area contributed by atoms with E-state index in [1.54, 1.807) is 0 Å². The fourth-order valence-electron chi connectivity index (χ4n) is 21.1. The molecule has 0 N–H and O–H groups in total. The SMILES string of the molecule is N#Cc1ccc(-c2cc(-c3cccc(-c4ccccc4)n3)cc(-n3c4ccccc4c4ccc(-c5ccc(-c6ccccc6)cc5)cc43)c2)cc1.N#Cc1ccc(-c2cc(-c3cccc(-c4ccccc4)n3)cc(-n3c4ccccc4c4ccc(-c5ccc6ccccc6c5)cc43)c2)cc1.N#Cc1ccc(-c2cc(-c3cccc(-c4ccccc4)n3)cc(-n3c4ccccc4c4ccc(-c5cccc6ccccc56)cc43)c2)cc1. The molecule has 9 nitrogen and oxygen atoms in total. The Hall–Kier alpha value is -20.5. The van der Waals surface area contributed by atoms with Crippen molar-refractivity contribution >= 4 is 87.0 Å². The maximum atomic E-state index is 9.49. The summed E-state index contributed by atoms with van der Waals surface area (Å²) >= 11 is 0. The molecule has 0 saturated heterocycles. The van der Waals surface area contributed by atoms with Gasteiger partial charge in [-0.3, -0.25) is 0 Å². The molecule has 21 aromatic carbocycles. The zero-order valence-corrected chi connectivity index (χ0v) is 80.9. The van der Waals surface area contributed by atoms with Crippen LogP contribution in [0.25, 0.3) is 249 Å². The van der Waals surface area contributed by atoms with Crippen LogP contribution in [-0.2, 0) is 0 Å². The molecule has 0 aliphatic rings. The van der Waals surface area contributed by atoms with Gasteiger partial charge in [-0.25, -0.2) is 15.0 Å². The zero-order chi connectivity index (χ0) is 99.6. The lowest BCUT2D eigenvalue weighted by Crippen LogP contribution is -1.97. The number of hydrogen-bond acceptors (Lipinski definition) is 6. The highest BCUT2D eigenvalue weighted by Crippen LogP contribution is 2.45. The van der Waals surface area contributed by atoms with Crippen molar-refractivity contribution in [1.82, 2.24) is 28.7 Å². The number of benzene rings is 21. The molecule has 0 unspecified atom stereocenters. The molecule has 0 radical (unpaired) electrons. The number of para-hydroxylation sites is 3. The van der Waals surface area contributed by atoms with Crippen LogP contribution in [0, 0.1) is 34.0 Å². The first-order valence-electron chi connectivity index (χ1n) is 50.0. The molecule has 0 fully saturated rings.